The summed E-state index contributed by atoms with van der Waals surface area (Å²) in [5.74, 6) is 1.23. The highest BCUT2D eigenvalue weighted by Gasteiger charge is 2.07. The lowest BCUT2D eigenvalue weighted by Crippen LogP contribution is -2.13. The van der Waals surface area contributed by atoms with Crippen molar-refractivity contribution in [2.45, 2.75) is 12.8 Å². The van der Waals surface area contributed by atoms with Crippen molar-refractivity contribution >= 4 is 34.7 Å². The first-order chi connectivity index (χ1) is 8.16. The third kappa shape index (κ3) is 4.68. The number of para-hydroxylation sites is 1. The summed E-state index contributed by atoms with van der Waals surface area (Å²) < 4.78 is 0. The fourth-order valence-electron chi connectivity index (χ4n) is 1.71. The maximum atomic E-state index is 6.20. The number of anilines is 2. The Morgan fingerprint density at radius 2 is 2.06 bits per heavy atom. The fourth-order valence-corrected chi connectivity index (χ4v) is 2.54. The number of nitrogens with one attached hydrogen (secondary N) is 1. The predicted molar refractivity (Wildman–Crippen MR) is 81.9 cm³/mol. The first-order valence-corrected chi connectivity index (χ1v) is 7.62. The molecule has 1 aromatic carbocycles. The van der Waals surface area contributed by atoms with E-state index in [-0.39, 0.29) is 0 Å². The molecule has 1 N–H and O–H groups in total. The van der Waals surface area contributed by atoms with Crippen molar-refractivity contribution in [1.29, 1.82) is 0 Å². The van der Waals surface area contributed by atoms with Crippen LogP contribution in [-0.2, 0) is 0 Å². The number of benzene rings is 1. The van der Waals surface area contributed by atoms with Gasteiger partial charge in [-0.05, 0) is 37.0 Å². The average molecular weight is 273 g/mol. The molecule has 0 atom stereocenters. The molecule has 17 heavy (non-hydrogen) atoms. The molecule has 4 heteroatoms. The third-order valence-electron chi connectivity index (χ3n) is 2.52. The molecule has 1 aromatic rings. The number of hydrogen-bond acceptors (Lipinski definition) is 3. The van der Waals surface area contributed by atoms with E-state index in [1.807, 2.05) is 42.9 Å². The minimum absolute atomic E-state index is 0.795. The molecular formula is C13H21ClN2S. The van der Waals surface area contributed by atoms with Crippen molar-refractivity contribution in [2.75, 3.05) is 42.9 Å². The van der Waals surface area contributed by atoms with Crippen molar-refractivity contribution in [2.24, 2.45) is 0 Å². The minimum atomic E-state index is 0.795. The van der Waals surface area contributed by atoms with E-state index in [2.05, 4.69) is 17.6 Å². The summed E-state index contributed by atoms with van der Waals surface area (Å²) in [4.78, 5) is 2.05. The van der Waals surface area contributed by atoms with Crippen molar-refractivity contribution in [3.05, 3.63) is 23.2 Å². The van der Waals surface area contributed by atoms with Gasteiger partial charge in [0.1, 0.15) is 0 Å². The molecule has 0 aliphatic carbocycles. The molecular weight excluding hydrogens is 252 g/mol. The summed E-state index contributed by atoms with van der Waals surface area (Å²) >= 11 is 8.10. The number of hydrogen-bond donors (Lipinski definition) is 1. The molecule has 0 aliphatic rings. The zero-order valence-corrected chi connectivity index (χ0v) is 12.4. The molecule has 96 valence electrons. The van der Waals surface area contributed by atoms with Crippen LogP contribution in [0.1, 0.15) is 12.8 Å². The van der Waals surface area contributed by atoms with Crippen LogP contribution in [0.25, 0.3) is 0 Å². The van der Waals surface area contributed by atoms with Crippen LogP contribution in [-0.4, -0.2) is 32.6 Å². The van der Waals surface area contributed by atoms with Crippen molar-refractivity contribution < 1.29 is 0 Å². The van der Waals surface area contributed by atoms with Gasteiger partial charge in [0.05, 0.1) is 16.4 Å². The molecule has 0 aliphatic heterocycles. The molecule has 1 rings (SSSR count). The van der Waals surface area contributed by atoms with Gasteiger partial charge in [0.2, 0.25) is 0 Å². The summed E-state index contributed by atoms with van der Waals surface area (Å²) in [7, 11) is 4.03. The zero-order valence-electron chi connectivity index (χ0n) is 10.8. The van der Waals surface area contributed by atoms with E-state index in [1.54, 1.807) is 0 Å². The highest BCUT2D eigenvalue weighted by molar-refractivity contribution is 7.98. The van der Waals surface area contributed by atoms with E-state index in [0.717, 1.165) is 22.9 Å². The molecule has 0 spiro atoms. The Labute approximate surface area is 114 Å². The largest absolute Gasteiger partial charge is 0.383 e. The van der Waals surface area contributed by atoms with Gasteiger partial charge in [0.25, 0.3) is 0 Å². The summed E-state index contributed by atoms with van der Waals surface area (Å²) in [6.45, 7) is 1.00. The van der Waals surface area contributed by atoms with E-state index in [0.29, 0.717) is 0 Å². The second kappa shape index (κ2) is 7.72. The van der Waals surface area contributed by atoms with E-state index in [4.69, 9.17) is 11.6 Å². The molecule has 0 heterocycles. The van der Waals surface area contributed by atoms with Crippen molar-refractivity contribution in [3.8, 4) is 0 Å². The number of nitrogens with zero attached hydrogens (tertiary/aromatic N) is 1. The van der Waals surface area contributed by atoms with Gasteiger partial charge in [0, 0.05) is 20.6 Å². The van der Waals surface area contributed by atoms with Gasteiger partial charge < -0.3 is 10.2 Å². The van der Waals surface area contributed by atoms with Crippen LogP contribution in [0.3, 0.4) is 0 Å². The maximum Gasteiger partial charge on any atom is 0.0786 e. The summed E-state index contributed by atoms with van der Waals surface area (Å²) in [5, 5.41) is 4.25. The fraction of sp³-hybridized carbons (Fsp3) is 0.538. The Balaban J connectivity index is 2.55. The predicted octanol–water partition coefficient (Wildman–Crippen LogP) is 3.96. The second-order valence-electron chi connectivity index (χ2n) is 4.16. The Morgan fingerprint density at radius 3 is 2.71 bits per heavy atom. The Kier molecular flexibility index (Phi) is 6.60. The van der Waals surface area contributed by atoms with Crippen LogP contribution in [0.4, 0.5) is 11.4 Å². The summed E-state index contributed by atoms with van der Waals surface area (Å²) in [5.41, 5.74) is 2.19. The van der Waals surface area contributed by atoms with Crippen LogP contribution in [0.5, 0.6) is 0 Å². The van der Waals surface area contributed by atoms with E-state index in [9.17, 15) is 0 Å². The maximum absolute atomic E-state index is 6.20. The van der Waals surface area contributed by atoms with E-state index < -0.39 is 0 Å². The molecule has 0 saturated heterocycles. The van der Waals surface area contributed by atoms with Gasteiger partial charge in [0.15, 0.2) is 0 Å². The Hall–Kier alpha value is -0.540. The highest BCUT2D eigenvalue weighted by atomic mass is 35.5. The number of halogens is 1. The van der Waals surface area contributed by atoms with Crippen molar-refractivity contribution in [3.63, 3.8) is 0 Å². The Bertz CT molecular complexity index is 342. The molecule has 0 radical (unpaired) electrons. The first-order valence-electron chi connectivity index (χ1n) is 5.85. The van der Waals surface area contributed by atoms with Gasteiger partial charge in [-0.15, -0.1) is 0 Å². The smallest absolute Gasteiger partial charge is 0.0786 e. The molecule has 0 aromatic heterocycles. The first kappa shape index (κ1) is 14.5. The summed E-state index contributed by atoms with van der Waals surface area (Å²) in [6.07, 6.45) is 4.60. The van der Waals surface area contributed by atoms with Crippen LogP contribution in [0.15, 0.2) is 18.2 Å². The second-order valence-corrected chi connectivity index (χ2v) is 5.55. The Morgan fingerprint density at radius 1 is 1.29 bits per heavy atom. The lowest BCUT2D eigenvalue weighted by Gasteiger charge is -2.20. The van der Waals surface area contributed by atoms with E-state index in [1.165, 1.54) is 18.6 Å². The number of rotatable bonds is 7. The standard InChI is InChI=1S/C13H21ClN2S/c1-16(2)13-11(14)7-6-8-12(13)15-9-4-5-10-17-3/h6-8,15H,4-5,9-10H2,1-3H3. The molecule has 0 amide bonds. The topological polar surface area (TPSA) is 15.3 Å². The molecule has 0 saturated carbocycles. The van der Waals surface area contributed by atoms with Gasteiger partial charge >= 0.3 is 0 Å². The molecule has 2 nitrogen and oxygen atoms in total. The lowest BCUT2D eigenvalue weighted by atomic mass is 10.2. The van der Waals surface area contributed by atoms with Crippen molar-refractivity contribution in [1.82, 2.24) is 0 Å². The third-order valence-corrected chi connectivity index (χ3v) is 3.53. The molecule has 0 unspecified atom stereocenters. The van der Waals surface area contributed by atoms with Gasteiger partial charge in [-0.3, -0.25) is 0 Å². The average Bonchev–Trinajstić information content (AvgIpc) is 2.28. The van der Waals surface area contributed by atoms with Crippen LogP contribution in [0, 0.1) is 0 Å². The van der Waals surface area contributed by atoms with Crippen LogP contribution >= 0.6 is 23.4 Å². The van der Waals surface area contributed by atoms with Gasteiger partial charge in [-0.25, -0.2) is 0 Å². The van der Waals surface area contributed by atoms with E-state index >= 15 is 0 Å². The van der Waals surface area contributed by atoms with Gasteiger partial charge in [-0.1, -0.05) is 17.7 Å². The number of thioether (sulfide) groups is 1. The van der Waals surface area contributed by atoms with Crippen LogP contribution < -0.4 is 10.2 Å². The quantitative estimate of drug-likeness (QED) is 0.757. The molecule has 0 bridgehead atoms. The highest BCUT2D eigenvalue weighted by Crippen LogP contribution is 2.32. The normalized spacial score (nSPS) is 10.4. The van der Waals surface area contributed by atoms with Gasteiger partial charge in [-0.2, -0.15) is 11.8 Å². The lowest BCUT2D eigenvalue weighted by molar-refractivity contribution is 0.843. The zero-order chi connectivity index (χ0) is 12.7. The monoisotopic (exact) mass is 272 g/mol. The summed E-state index contributed by atoms with van der Waals surface area (Å²) in [6, 6.07) is 5.99. The number of unbranched alkanes of at least 4 members (excludes halogenated alkanes) is 1. The minimum Gasteiger partial charge on any atom is -0.383 e. The molecule has 0 fully saturated rings. The van der Waals surface area contributed by atoms with Crippen LogP contribution in [0.2, 0.25) is 5.02 Å². The SMILES string of the molecule is CSCCCCNc1cccc(Cl)c1N(C)C.